The normalized spacial score (nSPS) is 12.7. The highest BCUT2D eigenvalue weighted by atomic mass is 19.2. The van der Waals surface area contributed by atoms with Gasteiger partial charge in [-0.3, -0.25) is 4.68 Å². The van der Waals surface area contributed by atoms with Gasteiger partial charge in [0.1, 0.15) is 0 Å². The molecule has 3 nitrogen and oxygen atoms in total. The number of rotatable bonds is 3. The number of halogens is 2. The molecule has 0 fully saturated rings. The van der Waals surface area contributed by atoms with Crippen LogP contribution in [0.4, 0.5) is 8.78 Å². The van der Waals surface area contributed by atoms with Crippen LogP contribution in [0, 0.1) is 11.6 Å². The topological polar surface area (TPSA) is 43.8 Å². The van der Waals surface area contributed by atoms with Crippen molar-refractivity contribution in [3.63, 3.8) is 0 Å². The molecule has 0 aliphatic heterocycles. The van der Waals surface area contributed by atoms with Gasteiger partial charge in [-0.25, -0.2) is 8.78 Å². The number of hydrogen-bond donors (Lipinski definition) is 1. The van der Waals surface area contributed by atoms with Crippen LogP contribution in [0.2, 0.25) is 0 Å². The molecule has 0 radical (unpaired) electrons. The highest BCUT2D eigenvalue weighted by Gasteiger charge is 2.11. The molecule has 5 heteroatoms. The van der Waals surface area contributed by atoms with Crippen molar-refractivity contribution in [3.8, 4) is 0 Å². The van der Waals surface area contributed by atoms with Crippen molar-refractivity contribution in [2.24, 2.45) is 12.8 Å². The second kappa shape index (κ2) is 4.63. The molecule has 2 rings (SSSR count). The maximum Gasteiger partial charge on any atom is 0.159 e. The van der Waals surface area contributed by atoms with Crippen LogP contribution < -0.4 is 5.73 Å². The molecule has 17 heavy (non-hydrogen) atoms. The largest absolute Gasteiger partial charge is 0.322 e. The Hall–Kier alpha value is -1.75. The van der Waals surface area contributed by atoms with Crippen molar-refractivity contribution in [1.82, 2.24) is 9.78 Å². The third-order valence-electron chi connectivity index (χ3n) is 2.55. The predicted molar refractivity (Wildman–Crippen MR) is 60.2 cm³/mol. The Morgan fingerprint density at radius 3 is 2.65 bits per heavy atom. The molecule has 90 valence electrons. The van der Waals surface area contributed by atoms with E-state index in [4.69, 9.17) is 5.73 Å². The maximum atomic E-state index is 13.0. The van der Waals surface area contributed by atoms with E-state index in [0.717, 1.165) is 17.8 Å². The third-order valence-corrected chi connectivity index (χ3v) is 2.55. The van der Waals surface area contributed by atoms with E-state index in [2.05, 4.69) is 5.10 Å². The average molecular weight is 237 g/mol. The molecule has 0 bridgehead atoms. The van der Waals surface area contributed by atoms with Crippen LogP contribution >= 0.6 is 0 Å². The lowest BCUT2D eigenvalue weighted by Crippen LogP contribution is -2.14. The van der Waals surface area contributed by atoms with Crippen molar-refractivity contribution in [2.75, 3.05) is 0 Å². The molecule has 1 aromatic carbocycles. The minimum atomic E-state index is -0.851. The lowest BCUT2D eigenvalue weighted by atomic mass is 10.0. The monoisotopic (exact) mass is 237 g/mol. The first kappa shape index (κ1) is 11.7. The van der Waals surface area contributed by atoms with Gasteiger partial charge >= 0.3 is 0 Å². The first-order valence-corrected chi connectivity index (χ1v) is 5.25. The lowest BCUT2D eigenvalue weighted by Gasteiger charge is -2.09. The van der Waals surface area contributed by atoms with E-state index in [0.29, 0.717) is 12.0 Å². The van der Waals surface area contributed by atoms with E-state index in [1.165, 1.54) is 6.07 Å². The van der Waals surface area contributed by atoms with E-state index in [1.807, 2.05) is 6.07 Å². The molecule has 1 unspecified atom stereocenters. The average Bonchev–Trinajstić information content (AvgIpc) is 2.70. The molecular weight excluding hydrogens is 224 g/mol. The second-order valence-corrected chi connectivity index (χ2v) is 3.97. The van der Waals surface area contributed by atoms with Gasteiger partial charge in [-0.2, -0.15) is 5.10 Å². The molecule has 0 aliphatic rings. The summed E-state index contributed by atoms with van der Waals surface area (Å²) in [5.74, 6) is -1.70. The summed E-state index contributed by atoms with van der Waals surface area (Å²) in [6, 6.07) is 5.29. The summed E-state index contributed by atoms with van der Waals surface area (Å²) < 4.78 is 27.4. The van der Waals surface area contributed by atoms with E-state index in [-0.39, 0.29) is 6.04 Å². The standard InChI is InChI=1S/C12H13F2N3/c1-17-5-4-12(16-17)11(15)7-8-2-3-9(13)10(14)6-8/h2-6,11H,7,15H2,1H3. The van der Waals surface area contributed by atoms with Crippen LogP contribution in [-0.2, 0) is 13.5 Å². The van der Waals surface area contributed by atoms with Gasteiger partial charge in [0.05, 0.1) is 11.7 Å². The molecule has 1 aromatic heterocycles. The summed E-state index contributed by atoms with van der Waals surface area (Å²) in [5.41, 5.74) is 7.32. The first-order valence-electron chi connectivity index (χ1n) is 5.25. The molecule has 0 aliphatic carbocycles. The number of hydrogen-bond acceptors (Lipinski definition) is 2. The van der Waals surface area contributed by atoms with Gasteiger partial charge in [0.15, 0.2) is 11.6 Å². The second-order valence-electron chi connectivity index (χ2n) is 3.97. The quantitative estimate of drug-likeness (QED) is 0.886. The Bertz CT molecular complexity index is 522. The molecule has 0 amide bonds. The van der Waals surface area contributed by atoms with E-state index in [9.17, 15) is 8.78 Å². The summed E-state index contributed by atoms with van der Waals surface area (Å²) in [5, 5.41) is 4.17. The summed E-state index contributed by atoms with van der Waals surface area (Å²) in [6.07, 6.45) is 2.22. The minimum absolute atomic E-state index is 0.318. The fraction of sp³-hybridized carbons (Fsp3) is 0.250. The van der Waals surface area contributed by atoms with Gasteiger partial charge in [-0.15, -0.1) is 0 Å². The van der Waals surface area contributed by atoms with Gasteiger partial charge in [0.2, 0.25) is 0 Å². The molecule has 1 atom stereocenters. The van der Waals surface area contributed by atoms with Crippen LogP contribution in [0.3, 0.4) is 0 Å². The van der Waals surface area contributed by atoms with Gasteiger partial charge in [0.25, 0.3) is 0 Å². The molecule has 2 N–H and O–H groups in total. The molecule has 2 aromatic rings. The Labute approximate surface area is 97.9 Å². The molecule has 1 heterocycles. The summed E-state index contributed by atoms with van der Waals surface area (Å²) in [4.78, 5) is 0. The Morgan fingerprint density at radius 1 is 1.29 bits per heavy atom. The lowest BCUT2D eigenvalue weighted by molar-refractivity contribution is 0.506. The zero-order valence-electron chi connectivity index (χ0n) is 9.40. The zero-order chi connectivity index (χ0) is 12.4. The maximum absolute atomic E-state index is 13.0. The predicted octanol–water partition coefficient (Wildman–Crippen LogP) is 1.94. The number of nitrogens with two attached hydrogens (primary N) is 1. The van der Waals surface area contributed by atoms with Crippen molar-refractivity contribution < 1.29 is 8.78 Å². The highest BCUT2D eigenvalue weighted by Crippen LogP contribution is 2.16. The number of aryl methyl sites for hydroxylation is 1. The van der Waals surface area contributed by atoms with Gasteiger partial charge in [-0.05, 0) is 30.2 Å². The Balaban J connectivity index is 2.12. The van der Waals surface area contributed by atoms with E-state index < -0.39 is 11.6 Å². The van der Waals surface area contributed by atoms with Gasteiger partial charge < -0.3 is 5.73 Å². The van der Waals surface area contributed by atoms with E-state index in [1.54, 1.807) is 17.9 Å². The van der Waals surface area contributed by atoms with Gasteiger partial charge in [0, 0.05) is 13.2 Å². The van der Waals surface area contributed by atoms with Crippen LogP contribution in [0.15, 0.2) is 30.5 Å². The van der Waals surface area contributed by atoms with Crippen molar-refractivity contribution in [1.29, 1.82) is 0 Å². The van der Waals surface area contributed by atoms with Crippen LogP contribution in [-0.4, -0.2) is 9.78 Å². The Morgan fingerprint density at radius 2 is 2.06 bits per heavy atom. The first-order chi connectivity index (χ1) is 8.06. The van der Waals surface area contributed by atoms with Crippen molar-refractivity contribution in [2.45, 2.75) is 12.5 Å². The molecule has 0 spiro atoms. The SMILES string of the molecule is Cn1ccc(C(N)Cc2ccc(F)c(F)c2)n1. The molecular formula is C12H13F2N3. The number of benzene rings is 1. The van der Waals surface area contributed by atoms with Crippen molar-refractivity contribution in [3.05, 3.63) is 53.4 Å². The van der Waals surface area contributed by atoms with Crippen LogP contribution in [0.1, 0.15) is 17.3 Å². The summed E-state index contributed by atoms with van der Waals surface area (Å²) in [6.45, 7) is 0. The van der Waals surface area contributed by atoms with Crippen LogP contribution in [0.25, 0.3) is 0 Å². The van der Waals surface area contributed by atoms with E-state index >= 15 is 0 Å². The molecule has 0 saturated carbocycles. The summed E-state index contributed by atoms with van der Waals surface area (Å²) >= 11 is 0. The fourth-order valence-electron chi connectivity index (χ4n) is 1.66. The summed E-state index contributed by atoms with van der Waals surface area (Å²) in [7, 11) is 1.80. The fourth-order valence-corrected chi connectivity index (χ4v) is 1.66. The van der Waals surface area contributed by atoms with Gasteiger partial charge in [-0.1, -0.05) is 6.07 Å². The zero-order valence-corrected chi connectivity index (χ0v) is 9.40. The third kappa shape index (κ3) is 2.68. The molecule has 0 saturated heterocycles. The number of nitrogens with zero attached hydrogens (tertiary/aromatic N) is 2. The number of aromatic nitrogens is 2. The smallest absolute Gasteiger partial charge is 0.159 e. The highest BCUT2D eigenvalue weighted by molar-refractivity contribution is 5.20. The minimum Gasteiger partial charge on any atom is -0.322 e. The van der Waals surface area contributed by atoms with Crippen molar-refractivity contribution >= 4 is 0 Å². The van der Waals surface area contributed by atoms with Crippen LogP contribution in [0.5, 0.6) is 0 Å². The Kier molecular flexibility index (Phi) is 3.19.